The molecule has 2 rings (SSSR count). The number of aliphatic carboxylic acids is 1. The second-order valence-corrected chi connectivity index (χ2v) is 5.65. The van der Waals surface area contributed by atoms with E-state index in [9.17, 15) is 14.4 Å². The Balaban J connectivity index is 1.91. The summed E-state index contributed by atoms with van der Waals surface area (Å²) in [6.07, 6.45) is 1.36. The third-order valence-corrected chi connectivity index (χ3v) is 3.83. The standard InChI is InChI=1S/C16H21N3O4/c1-11(15(21)22)17-14(20)12-6-5-9-19(10-12)16(23)18-13-7-3-2-4-8-13/h2-4,7-8,11-12H,5-6,9-10H2,1H3,(H,17,20)(H,18,23)(H,21,22). The highest BCUT2D eigenvalue weighted by Crippen LogP contribution is 2.18. The van der Waals surface area contributed by atoms with Gasteiger partial charge in [0.05, 0.1) is 5.92 Å². The number of carboxylic acid groups (broad SMARTS) is 1. The van der Waals surface area contributed by atoms with E-state index >= 15 is 0 Å². The summed E-state index contributed by atoms with van der Waals surface area (Å²) in [4.78, 5) is 36.8. The van der Waals surface area contributed by atoms with Crippen molar-refractivity contribution in [2.75, 3.05) is 18.4 Å². The number of hydrogen-bond donors (Lipinski definition) is 3. The Morgan fingerprint density at radius 1 is 1.26 bits per heavy atom. The maximum absolute atomic E-state index is 12.3. The molecule has 3 amide bonds. The van der Waals surface area contributed by atoms with Crippen molar-refractivity contribution in [3.63, 3.8) is 0 Å². The number of piperidine rings is 1. The van der Waals surface area contributed by atoms with E-state index in [1.165, 1.54) is 6.92 Å². The molecular formula is C16H21N3O4. The third-order valence-electron chi connectivity index (χ3n) is 3.83. The highest BCUT2D eigenvalue weighted by Gasteiger charge is 2.29. The predicted molar refractivity (Wildman–Crippen MR) is 85.0 cm³/mol. The van der Waals surface area contributed by atoms with Crippen molar-refractivity contribution < 1.29 is 19.5 Å². The Morgan fingerprint density at radius 2 is 1.96 bits per heavy atom. The average Bonchev–Trinajstić information content (AvgIpc) is 2.55. The number of urea groups is 1. The zero-order valence-electron chi connectivity index (χ0n) is 13.0. The van der Waals surface area contributed by atoms with Gasteiger partial charge in [0.2, 0.25) is 5.91 Å². The molecule has 2 unspecified atom stereocenters. The van der Waals surface area contributed by atoms with Crippen LogP contribution in [0.4, 0.5) is 10.5 Å². The summed E-state index contributed by atoms with van der Waals surface area (Å²) in [5, 5.41) is 14.1. The molecule has 0 aromatic heterocycles. The van der Waals surface area contributed by atoms with Crippen molar-refractivity contribution in [3.05, 3.63) is 30.3 Å². The Morgan fingerprint density at radius 3 is 2.61 bits per heavy atom. The van der Waals surface area contributed by atoms with Gasteiger partial charge in [-0.05, 0) is 31.9 Å². The highest BCUT2D eigenvalue weighted by molar-refractivity contribution is 5.90. The van der Waals surface area contributed by atoms with Crippen LogP contribution in [-0.2, 0) is 9.59 Å². The summed E-state index contributed by atoms with van der Waals surface area (Å²) < 4.78 is 0. The SMILES string of the molecule is CC(NC(=O)C1CCCN(C(=O)Nc2ccccc2)C1)C(=O)O. The topological polar surface area (TPSA) is 98.7 Å². The fourth-order valence-electron chi connectivity index (χ4n) is 2.49. The van der Waals surface area contributed by atoms with Gasteiger partial charge in [-0.2, -0.15) is 0 Å². The molecule has 0 bridgehead atoms. The first-order valence-electron chi connectivity index (χ1n) is 7.61. The Bertz CT molecular complexity index is 576. The van der Waals surface area contributed by atoms with E-state index in [0.717, 1.165) is 0 Å². The fraction of sp³-hybridized carbons (Fsp3) is 0.438. The number of carboxylic acids is 1. The Kier molecular flexibility index (Phi) is 5.56. The number of nitrogens with zero attached hydrogens (tertiary/aromatic N) is 1. The van der Waals surface area contributed by atoms with Crippen molar-refractivity contribution in [3.8, 4) is 0 Å². The number of para-hydroxylation sites is 1. The van der Waals surface area contributed by atoms with Crippen LogP contribution in [0.3, 0.4) is 0 Å². The van der Waals surface area contributed by atoms with Crippen molar-refractivity contribution in [1.82, 2.24) is 10.2 Å². The summed E-state index contributed by atoms with van der Waals surface area (Å²) in [7, 11) is 0. The van der Waals surface area contributed by atoms with Crippen LogP contribution in [0.15, 0.2) is 30.3 Å². The van der Waals surface area contributed by atoms with E-state index in [-0.39, 0.29) is 24.4 Å². The van der Waals surface area contributed by atoms with Crippen molar-refractivity contribution in [2.24, 2.45) is 5.92 Å². The number of anilines is 1. The number of amides is 3. The van der Waals surface area contributed by atoms with Crippen molar-refractivity contribution in [1.29, 1.82) is 0 Å². The highest BCUT2D eigenvalue weighted by atomic mass is 16.4. The van der Waals surface area contributed by atoms with E-state index in [1.54, 1.807) is 17.0 Å². The van der Waals surface area contributed by atoms with Crippen LogP contribution in [0, 0.1) is 5.92 Å². The smallest absolute Gasteiger partial charge is 0.325 e. The lowest BCUT2D eigenvalue weighted by atomic mass is 9.97. The first kappa shape index (κ1) is 16.8. The number of carbonyl (C=O) groups excluding carboxylic acids is 2. The van der Waals surface area contributed by atoms with Crippen LogP contribution < -0.4 is 10.6 Å². The van der Waals surface area contributed by atoms with E-state index in [4.69, 9.17) is 5.11 Å². The molecule has 1 saturated heterocycles. The van der Waals surface area contributed by atoms with Crippen LogP contribution in [0.2, 0.25) is 0 Å². The van der Waals surface area contributed by atoms with E-state index in [1.807, 2.05) is 18.2 Å². The number of nitrogens with one attached hydrogen (secondary N) is 2. The fourth-order valence-corrected chi connectivity index (χ4v) is 2.49. The molecule has 1 aliphatic rings. The van der Waals surface area contributed by atoms with Gasteiger partial charge in [0.15, 0.2) is 0 Å². The van der Waals surface area contributed by atoms with Gasteiger partial charge in [-0.3, -0.25) is 9.59 Å². The number of hydrogen-bond acceptors (Lipinski definition) is 3. The summed E-state index contributed by atoms with van der Waals surface area (Å²) in [5.41, 5.74) is 0.698. The molecule has 124 valence electrons. The van der Waals surface area contributed by atoms with Crippen LogP contribution in [0.25, 0.3) is 0 Å². The summed E-state index contributed by atoms with van der Waals surface area (Å²) in [6.45, 7) is 2.29. The largest absolute Gasteiger partial charge is 0.480 e. The van der Waals surface area contributed by atoms with Gasteiger partial charge in [0.1, 0.15) is 6.04 Å². The van der Waals surface area contributed by atoms with Gasteiger partial charge in [0, 0.05) is 18.8 Å². The lowest BCUT2D eigenvalue weighted by molar-refractivity contribution is -0.142. The molecule has 1 fully saturated rings. The zero-order chi connectivity index (χ0) is 16.8. The average molecular weight is 319 g/mol. The molecule has 1 heterocycles. The van der Waals surface area contributed by atoms with E-state index in [2.05, 4.69) is 10.6 Å². The van der Waals surface area contributed by atoms with Gasteiger partial charge in [-0.15, -0.1) is 0 Å². The van der Waals surface area contributed by atoms with E-state index < -0.39 is 12.0 Å². The molecule has 1 aromatic rings. The molecule has 3 N–H and O–H groups in total. The molecule has 0 saturated carbocycles. The van der Waals surface area contributed by atoms with Gasteiger partial charge >= 0.3 is 12.0 Å². The van der Waals surface area contributed by atoms with Crippen LogP contribution >= 0.6 is 0 Å². The summed E-state index contributed by atoms with van der Waals surface area (Å²) in [5.74, 6) is -1.78. The minimum Gasteiger partial charge on any atom is -0.480 e. The molecule has 0 aliphatic carbocycles. The number of rotatable bonds is 4. The van der Waals surface area contributed by atoms with Crippen molar-refractivity contribution in [2.45, 2.75) is 25.8 Å². The van der Waals surface area contributed by atoms with Crippen LogP contribution in [0.5, 0.6) is 0 Å². The molecule has 2 atom stereocenters. The molecule has 7 nitrogen and oxygen atoms in total. The second-order valence-electron chi connectivity index (χ2n) is 5.65. The first-order valence-corrected chi connectivity index (χ1v) is 7.61. The molecule has 0 spiro atoms. The molecule has 7 heteroatoms. The van der Waals surface area contributed by atoms with E-state index in [0.29, 0.717) is 25.1 Å². The van der Waals surface area contributed by atoms with Crippen LogP contribution in [-0.4, -0.2) is 47.0 Å². The molecule has 1 aliphatic heterocycles. The maximum Gasteiger partial charge on any atom is 0.325 e. The van der Waals surface area contributed by atoms with Gasteiger partial charge in [-0.25, -0.2) is 4.79 Å². The molecule has 0 radical (unpaired) electrons. The van der Waals surface area contributed by atoms with Gasteiger partial charge < -0.3 is 20.6 Å². The first-order chi connectivity index (χ1) is 11.0. The van der Waals surface area contributed by atoms with Crippen molar-refractivity contribution >= 4 is 23.6 Å². The quantitative estimate of drug-likeness (QED) is 0.783. The molecule has 1 aromatic carbocycles. The summed E-state index contributed by atoms with van der Waals surface area (Å²) >= 11 is 0. The van der Waals surface area contributed by atoms with Crippen LogP contribution in [0.1, 0.15) is 19.8 Å². The number of likely N-dealkylation sites (tertiary alicyclic amines) is 1. The minimum absolute atomic E-state index is 0.250. The second kappa shape index (κ2) is 7.62. The third kappa shape index (κ3) is 4.70. The normalized spacial score (nSPS) is 18.8. The minimum atomic E-state index is -1.08. The Hall–Kier alpha value is -2.57. The number of carbonyl (C=O) groups is 3. The van der Waals surface area contributed by atoms with Gasteiger partial charge in [-0.1, -0.05) is 18.2 Å². The monoisotopic (exact) mass is 319 g/mol. The lowest BCUT2D eigenvalue weighted by Gasteiger charge is -2.32. The predicted octanol–water partition coefficient (Wildman–Crippen LogP) is 1.52. The molecular weight excluding hydrogens is 298 g/mol. The van der Waals surface area contributed by atoms with Gasteiger partial charge in [0.25, 0.3) is 0 Å². The lowest BCUT2D eigenvalue weighted by Crippen LogP contribution is -2.49. The summed E-state index contributed by atoms with van der Waals surface area (Å²) in [6, 6.07) is 7.92. The maximum atomic E-state index is 12.3. The molecule has 23 heavy (non-hydrogen) atoms. The zero-order valence-corrected chi connectivity index (χ0v) is 13.0. The Labute approximate surface area is 134 Å². The number of benzene rings is 1.